The van der Waals surface area contributed by atoms with Crippen molar-refractivity contribution in [3.05, 3.63) is 53.7 Å². The highest BCUT2D eigenvalue weighted by molar-refractivity contribution is 5.79. The molecule has 0 atom stereocenters. The minimum Gasteiger partial charge on any atom is -0.496 e. The molecule has 0 bridgehead atoms. The van der Waals surface area contributed by atoms with Gasteiger partial charge in [0, 0.05) is 50.0 Å². The van der Waals surface area contributed by atoms with E-state index in [9.17, 15) is 4.79 Å². The van der Waals surface area contributed by atoms with Crippen LogP contribution in [0.2, 0.25) is 0 Å². The summed E-state index contributed by atoms with van der Waals surface area (Å²) in [5.41, 5.74) is 1.93. The molecule has 1 N–H and O–H groups in total. The normalized spacial score (nSPS) is 14.9. The summed E-state index contributed by atoms with van der Waals surface area (Å²) in [6.45, 7) is 4.43. The van der Waals surface area contributed by atoms with Crippen LogP contribution in [0.1, 0.15) is 11.1 Å². The lowest BCUT2D eigenvalue weighted by Gasteiger charge is -2.34. The number of rotatable bonds is 6. The second-order valence-electron chi connectivity index (χ2n) is 6.54. The van der Waals surface area contributed by atoms with Crippen LogP contribution in [0.5, 0.6) is 5.75 Å². The Balaban J connectivity index is 1.62. The fourth-order valence-electron chi connectivity index (χ4n) is 3.15. The zero-order chi connectivity index (χ0) is 18.4. The summed E-state index contributed by atoms with van der Waals surface area (Å²) in [5, 5.41) is 3.02. The first-order chi connectivity index (χ1) is 12.7. The Kier molecular flexibility index (Phi) is 6.07. The summed E-state index contributed by atoms with van der Waals surface area (Å²) in [6, 6.07) is 11.6. The Labute approximate surface area is 154 Å². The van der Waals surface area contributed by atoms with Gasteiger partial charge in [-0.25, -0.2) is 4.98 Å². The number of nitrogens with one attached hydrogen (secondary N) is 1. The Bertz CT molecular complexity index is 742. The first kappa shape index (κ1) is 18.2. The first-order valence-corrected chi connectivity index (χ1v) is 8.93. The largest absolute Gasteiger partial charge is 0.496 e. The Hall–Kier alpha value is -2.60. The van der Waals surface area contributed by atoms with Crippen molar-refractivity contribution in [1.82, 2.24) is 15.2 Å². The van der Waals surface area contributed by atoms with E-state index in [1.165, 1.54) is 0 Å². The smallest absolute Gasteiger partial charge is 0.224 e. The van der Waals surface area contributed by atoms with Crippen LogP contribution in [0.15, 0.2) is 42.6 Å². The minimum absolute atomic E-state index is 0.0253. The van der Waals surface area contributed by atoms with E-state index in [0.29, 0.717) is 13.0 Å². The molecule has 1 aromatic carbocycles. The Morgan fingerprint density at radius 2 is 1.85 bits per heavy atom. The highest BCUT2D eigenvalue weighted by Gasteiger charge is 2.18. The van der Waals surface area contributed by atoms with Gasteiger partial charge in [-0.15, -0.1) is 0 Å². The zero-order valence-electron chi connectivity index (χ0n) is 15.4. The molecule has 1 aliphatic heterocycles. The lowest BCUT2D eigenvalue weighted by Crippen LogP contribution is -2.45. The topological polar surface area (TPSA) is 57.7 Å². The number of amides is 1. The molecule has 0 radical (unpaired) electrons. The van der Waals surface area contributed by atoms with E-state index in [-0.39, 0.29) is 5.91 Å². The molecule has 0 aliphatic carbocycles. The maximum Gasteiger partial charge on any atom is 0.224 e. The predicted molar refractivity (Wildman–Crippen MR) is 102 cm³/mol. The van der Waals surface area contributed by atoms with Crippen LogP contribution in [-0.2, 0) is 17.8 Å². The molecule has 2 heterocycles. The zero-order valence-corrected chi connectivity index (χ0v) is 15.4. The van der Waals surface area contributed by atoms with Crippen molar-refractivity contribution < 1.29 is 9.53 Å². The van der Waals surface area contributed by atoms with E-state index >= 15 is 0 Å². The summed E-state index contributed by atoms with van der Waals surface area (Å²) in [5.74, 6) is 1.68. The van der Waals surface area contributed by atoms with Crippen molar-refractivity contribution >= 4 is 11.7 Å². The molecule has 0 saturated carbocycles. The monoisotopic (exact) mass is 354 g/mol. The summed E-state index contributed by atoms with van der Waals surface area (Å²) < 4.78 is 5.32. The van der Waals surface area contributed by atoms with Crippen molar-refractivity contribution in [3.8, 4) is 5.75 Å². The molecule has 6 nitrogen and oxygen atoms in total. The molecule has 6 heteroatoms. The number of ether oxygens (including phenoxy) is 1. The van der Waals surface area contributed by atoms with Gasteiger partial charge in [0.05, 0.1) is 13.5 Å². The second kappa shape index (κ2) is 8.67. The highest BCUT2D eigenvalue weighted by Crippen LogP contribution is 2.20. The van der Waals surface area contributed by atoms with Crippen molar-refractivity contribution in [1.29, 1.82) is 0 Å². The summed E-state index contributed by atoms with van der Waals surface area (Å²) >= 11 is 0. The van der Waals surface area contributed by atoms with Crippen LogP contribution in [0.25, 0.3) is 0 Å². The minimum atomic E-state index is -0.0253. The SMILES string of the molecule is COc1ccccc1CC(=O)NCc1cccnc1N1CCN(C)CC1. The summed E-state index contributed by atoms with van der Waals surface area (Å²) in [7, 11) is 3.75. The number of nitrogens with zero attached hydrogens (tertiary/aromatic N) is 3. The van der Waals surface area contributed by atoms with Gasteiger partial charge in [-0.2, -0.15) is 0 Å². The van der Waals surface area contributed by atoms with E-state index in [0.717, 1.165) is 48.9 Å². The standard InChI is InChI=1S/C20H26N4O2/c1-23-10-12-24(13-11-23)20-17(7-5-9-21-20)15-22-19(25)14-16-6-3-4-8-18(16)26-2/h3-9H,10-15H2,1-2H3,(H,22,25). The molecule has 0 unspecified atom stereocenters. The van der Waals surface area contributed by atoms with Crippen LogP contribution in [0.3, 0.4) is 0 Å². The lowest BCUT2D eigenvalue weighted by molar-refractivity contribution is -0.120. The third-order valence-electron chi connectivity index (χ3n) is 4.69. The van der Waals surface area contributed by atoms with Gasteiger partial charge < -0.3 is 19.9 Å². The van der Waals surface area contributed by atoms with E-state index in [2.05, 4.69) is 27.1 Å². The van der Waals surface area contributed by atoms with Gasteiger partial charge in [-0.1, -0.05) is 24.3 Å². The molecule has 1 amide bonds. The molecule has 1 aliphatic rings. The van der Waals surface area contributed by atoms with Crippen molar-refractivity contribution in [3.63, 3.8) is 0 Å². The van der Waals surface area contributed by atoms with Gasteiger partial charge in [0.15, 0.2) is 0 Å². The van der Waals surface area contributed by atoms with E-state index in [1.54, 1.807) is 7.11 Å². The van der Waals surface area contributed by atoms with E-state index < -0.39 is 0 Å². The Morgan fingerprint density at radius 3 is 2.62 bits per heavy atom. The number of benzene rings is 1. The molecule has 3 rings (SSSR count). The number of hydrogen-bond donors (Lipinski definition) is 1. The summed E-state index contributed by atoms with van der Waals surface area (Å²) in [6.07, 6.45) is 2.11. The fourth-order valence-corrected chi connectivity index (χ4v) is 3.15. The molecular weight excluding hydrogens is 328 g/mol. The number of carbonyl (C=O) groups is 1. The number of aromatic nitrogens is 1. The fraction of sp³-hybridized carbons (Fsp3) is 0.400. The van der Waals surface area contributed by atoms with Crippen LogP contribution in [0, 0.1) is 0 Å². The summed E-state index contributed by atoms with van der Waals surface area (Å²) in [4.78, 5) is 21.5. The average Bonchev–Trinajstić information content (AvgIpc) is 2.68. The van der Waals surface area contributed by atoms with Gasteiger partial charge in [-0.05, 0) is 19.2 Å². The van der Waals surface area contributed by atoms with Crippen LogP contribution in [-0.4, -0.2) is 56.1 Å². The average molecular weight is 354 g/mol. The number of pyridine rings is 1. The second-order valence-corrected chi connectivity index (χ2v) is 6.54. The molecule has 1 saturated heterocycles. The van der Waals surface area contributed by atoms with Gasteiger partial charge in [0.2, 0.25) is 5.91 Å². The van der Waals surface area contributed by atoms with E-state index in [4.69, 9.17) is 4.74 Å². The van der Waals surface area contributed by atoms with Gasteiger partial charge in [0.1, 0.15) is 11.6 Å². The van der Waals surface area contributed by atoms with Gasteiger partial charge in [0.25, 0.3) is 0 Å². The first-order valence-electron chi connectivity index (χ1n) is 8.93. The van der Waals surface area contributed by atoms with Gasteiger partial charge >= 0.3 is 0 Å². The van der Waals surface area contributed by atoms with Crippen LogP contribution >= 0.6 is 0 Å². The molecule has 0 spiro atoms. The third-order valence-corrected chi connectivity index (χ3v) is 4.69. The number of likely N-dealkylation sites (N-methyl/N-ethyl adjacent to an activating group) is 1. The van der Waals surface area contributed by atoms with Crippen LogP contribution in [0.4, 0.5) is 5.82 Å². The number of para-hydroxylation sites is 1. The molecule has 138 valence electrons. The maximum absolute atomic E-state index is 12.4. The number of hydrogen-bond acceptors (Lipinski definition) is 5. The van der Waals surface area contributed by atoms with Crippen molar-refractivity contribution in [2.24, 2.45) is 0 Å². The molecule has 2 aromatic rings. The van der Waals surface area contributed by atoms with Gasteiger partial charge in [-0.3, -0.25) is 4.79 Å². The number of anilines is 1. The lowest BCUT2D eigenvalue weighted by atomic mass is 10.1. The molecule has 1 fully saturated rings. The predicted octanol–water partition coefficient (Wildman–Crippen LogP) is 1.70. The molecule has 26 heavy (non-hydrogen) atoms. The van der Waals surface area contributed by atoms with Crippen molar-refractivity contribution in [2.45, 2.75) is 13.0 Å². The highest BCUT2D eigenvalue weighted by atomic mass is 16.5. The van der Waals surface area contributed by atoms with Crippen molar-refractivity contribution in [2.75, 3.05) is 45.2 Å². The molecular formula is C20H26N4O2. The quantitative estimate of drug-likeness (QED) is 0.856. The van der Waals surface area contributed by atoms with E-state index in [1.807, 2.05) is 42.6 Å². The number of carbonyl (C=O) groups excluding carboxylic acids is 1. The molecule has 1 aromatic heterocycles. The third kappa shape index (κ3) is 4.52. The number of piperazine rings is 1. The van der Waals surface area contributed by atoms with Crippen LogP contribution < -0.4 is 15.0 Å². The Morgan fingerprint density at radius 1 is 1.12 bits per heavy atom. The maximum atomic E-state index is 12.4. The number of methoxy groups -OCH3 is 1.